The van der Waals surface area contributed by atoms with Gasteiger partial charge >= 0.3 is 0 Å². The van der Waals surface area contributed by atoms with E-state index in [1.165, 1.54) is 6.07 Å². The van der Waals surface area contributed by atoms with Gasteiger partial charge in [-0.05, 0) is 48.9 Å². The van der Waals surface area contributed by atoms with E-state index >= 15 is 0 Å². The first-order valence-electron chi connectivity index (χ1n) is 6.83. The Kier molecular flexibility index (Phi) is 3.60. The molecule has 4 heteroatoms. The van der Waals surface area contributed by atoms with Gasteiger partial charge in [0.2, 0.25) is 0 Å². The number of benzene rings is 2. The highest BCUT2D eigenvalue weighted by atomic mass is 19.2. The smallest absolute Gasteiger partial charge is 0.159 e. The summed E-state index contributed by atoms with van der Waals surface area (Å²) in [6, 6.07) is 11.8. The molecule has 0 fully saturated rings. The van der Waals surface area contributed by atoms with E-state index in [1.54, 1.807) is 6.07 Å². The molecule has 0 radical (unpaired) electrons. The van der Waals surface area contributed by atoms with Crippen molar-refractivity contribution in [2.24, 2.45) is 0 Å². The fraction of sp³-hybridized carbons (Fsp3) is 0.176. The lowest BCUT2D eigenvalue weighted by atomic mass is 10.2. The maximum Gasteiger partial charge on any atom is 0.159 e. The first-order valence-corrected chi connectivity index (χ1v) is 6.83. The van der Waals surface area contributed by atoms with Crippen LogP contribution in [0.3, 0.4) is 0 Å². The molecule has 1 heterocycles. The lowest BCUT2D eigenvalue weighted by Crippen LogP contribution is -1.99. The molecule has 0 aliphatic carbocycles. The van der Waals surface area contributed by atoms with Gasteiger partial charge in [0.15, 0.2) is 11.6 Å². The van der Waals surface area contributed by atoms with Gasteiger partial charge in [-0.25, -0.2) is 8.78 Å². The molecular formula is C17H15F2NO. The summed E-state index contributed by atoms with van der Waals surface area (Å²) in [6.07, 6.45) is 1.93. The van der Waals surface area contributed by atoms with Crippen LogP contribution in [0.1, 0.15) is 12.5 Å². The number of fused-ring (bicyclic) bond motifs is 1. The molecule has 0 amide bonds. The lowest BCUT2D eigenvalue weighted by Gasteiger charge is -2.07. The van der Waals surface area contributed by atoms with Gasteiger partial charge < -0.3 is 9.30 Å². The van der Waals surface area contributed by atoms with Gasteiger partial charge in [-0.15, -0.1) is 0 Å². The Morgan fingerprint density at radius 1 is 1.00 bits per heavy atom. The minimum Gasteiger partial charge on any atom is -0.494 e. The Morgan fingerprint density at radius 3 is 2.62 bits per heavy atom. The average molecular weight is 287 g/mol. The summed E-state index contributed by atoms with van der Waals surface area (Å²) in [5, 5.41) is 1.06. The largest absolute Gasteiger partial charge is 0.494 e. The molecule has 0 spiro atoms. The van der Waals surface area contributed by atoms with E-state index in [4.69, 9.17) is 4.74 Å². The van der Waals surface area contributed by atoms with Crippen molar-refractivity contribution in [3.63, 3.8) is 0 Å². The van der Waals surface area contributed by atoms with Crippen molar-refractivity contribution in [2.45, 2.75) is 13.5 Å². The second kappa shape index (κ2) is 5.56. The number of halogens is 2. The molecule has 0 bridgehead atoms. The van der Waals surface area contributed by atoms with E-state index in [1.807, 2.05) is 42.0 Å². The van der Waals surface area contributed by atoms with Crippen molar-refractivity contribution in [3.05, 3.63) is 65.9 Å². The molecule has 2 aromatic carbocycles. The summed E-state index contributed by atoms with van der Waals surface area (Å²) < 4.78 is 33.7. The normalized spacial score (nSPS) is 11.0. The fourth-order valence-electron chi connectivity index (χ4n) is 2.41. The van der Waals surface area contributed by atoms with Crippen molar-refractivity contribution in [2.75, 3.05) is 6.61 Å². The second-order valence-electron chi connectivity index (χ2n) is 4.85. The molecule has 0 aliphatic heterocycles. The maximum absolute atomic E-state index is 13.3. The summed E-state index contributed by atoms with van der Waals surface area (Å²) in [5.41, 5.74) is 1.75. The van der Waals surface area contributed by atoms with Gasteiger partial charge in [-0.2, -0.15) is 0 Å². The third-order valence-electron chi connectivity index (χ3n) is 3.39. The summed E-state index contributed by atoms with van der Waals surface area (Å²) in [5.74, 6) is -0.810. The molecule has 1 aromatic heterocycles. The number of ether oxygens (including phenoxy) is 1. The Morgan fingerprint density at radius 2 is 1.86 bits per heavy atom. The Hall–Kier alpha value is -2.36. The lowest BCUT2D eigenvalue weighted by molar-refractivity contribution is 0.340. The van der Waals surface area contributed by atoms with Gasteiger partial charge in [0, 0.05) is 23.6 Å². The van der Waals surface area contributed by atoms with Gasteiger partial charge in [0.1, 0.15) is 5.75 Å². The second-order valence-corrected chi connectivity index (χ2v) is 4.85. The quantitative estimate of drug-likeness (QED) is 0.695. The predicted octanol–water partition coefficient (Wildman–Crippen LogP) is 4.37. The molecule has 0 saturated carbocycles. The van der Waals surface area contributed by atoms with E-state index in [2.05, 4.69) is 0 Å². The zero-order chi connectivity index (χ0) is 14.8. The van der Waals surface area contributed by atoms with Crippen molar-refractivity contribution in [1.82, 2.24) is 4.57 Å². The van der Waals surface area contributed by atoms with E-state index in [0.717, 1.165) is 28.3 Å². The number of nitrogens with zero attached hydrogens (tertiary/aromatic N) is 1. The molecule has 0 N–H and O–H groups in total. The molecule has 0 saturated heterocycles. The van der Waals surface area contributed by atoms with Gasteiger partial charge in [-0.1, -0.05) is 6.07 Å². The Bertz CT molecular complexity index is 780. The first-order chi connectivity index (χ1) is 10.2. The van der Waals surface area contributed by atoms with Crippen LogP contribution in [-0.2, 0) is 6.54 Å². The number of aromatic nitrogens is 1. The standard InChI is InChI=1S/C17H15F2NO/c1-2-21-14-4-6-17-13(10-14)7-8-20(17)11-12-3-5-15(18)16(19)9-12/h3-10H,2,11H2,1H3. The minimum atomic E-state index is -0.822. The summed E-state index contributed by atoms with van der Waals surface area (Å²) in [7, 11) is 0. The number of hydrogen-bond acceptors (Lipinski definition) is 1. The highest BCUT2D eigenvalue weighted by molar-refractivity contribution is 5.81. The maximum atomic E-state index is 13.3. The number of hydrogen-bond donors (Lipinski definition) is 0. The van der Waals surface area contributed by atoms with E-state index in [0.29, 0.717) is 13.2 Å². The van der Waals surface area contributed by atoms with Crippen molar-refractivity contribution in [1.29, 1.82) is 0 Å². The van der Waals surface area contributed by atoms with E-state index in [9.17, 15) is 8.78 Å². The average Bonchev–Trinajstić information content (AvgIpc) is 2.86. The van der Waals surface area contributed by atoms with Gasteiger partial charge in [0.25, 0.3) is 0 Å². The van der Waals surface area contributed by atoms with E-state index < -0.39 is 11.6 Å². The van der Waals surface area contributed by atoms with Crippen LogP contribution in [0, 0.1) is 11.6 Å². The molecule has 3 aromatic rings. The zero-order valence-electron chi connectivity index (χ0n) is 11.6. The van der Waals surface area contributed by atoms with Crippen LogP contribution in [0.5, 0.6) is 5.75 Å². The van der Waals surface area contributed by atoms with Crippen LogP contribution in [0.25, 0.3) is 10.9 Å². The van der Waals surface area contributed by atoms with Crippen LogP contribution in [0.15, 0.2) is 48.7 Å². The molecule has 0 atom stereocenters. The SMILES string of the molecule is CCOc1ccc2c(ccn2Cc2ccc(F)c(F)c2)c1. The fourth-order valence-corrected chi connectivity index (χ4v) is 2.41. The first kappa shape index (κ1) is 13.6. The molecule has 108 valence electrons. The van der Waals surface area contributed by atoms with Crippen molar-refractivity contribution in [3.8, 4) is 5.75 Å². The Balaban J connectivity index is 1.91. The monoisotopic (exact) mass is 287 g/mol. The summed E-state index contributed by atoms with van der Waals surface area (Å²) >= 11 is 0. The highest BCUT2D eigenvalue weighted by Gasteiger charge is 2.06. The van der Waals surface area contributed by atoms with Gasteiger partial charge in [-0.3, -0.25) is 0 Å². The molecular weight excluding hydrogens is 272 g/mol. The molecule has 0 aliphatic rings. The topological polar surface area (TPSA) is 14.2 Å². The predicted molar refractivity (Wildman–Crippen MR) is 78.6 cm³/mol. The third-order valence-corrected chi connectivity index (χ3v) is 3.39. The third kappa shape index (κ3) is 2.75. The van der Waals surface area contributed by atoms with Crippen molar-refractivity contribution >= 4 is 10.9 Å². The Labute approximate surface area is 121 Å². The van der Waals surface area contributed by atoms with Crippen LogP contribution < -0.4 is 4.74 Å². The highest BCUT2D eigenvalue weighted by Crippen LogP contribution is 2.23. The molecule has 3 rings (SSSR count). The molecule has 2 nitrogen and oxygen atoms in total. The minimum absolute atomic E-state index is 0.495. The summed E-state index contributed by atoms with van der Waals surface area (Å²) in [6.45, 7) is 3.06. The van der Waals surface area contributed by atoms with Crippen molar-refractivity contribution < 1.29 is 13.5 Å². The van der Waals surface area contributed by atoms with Crippen LogP contribution in [0.4, 0.5) is 8.78 Å². The number of rotatable bonds is 4. The van der Waals surface area contributed by atoms with Gasteiger partial charge in [0.05, 0.1) is 6.61 Å². The molecule has 0 unspecified atom stereocenters. The van der Waals surface area contributed by atoms with Crippen LogP contribution in [-0.4, -0.2) is 11.2 Å². The zero-order valence-corrected chi connectivity index (χ0v) is 11.6. The summed E-state index contributed by atoms with van der Waals surface area (Å²) in [4.78, 5) is 0. The van der Waals surface area contributed by atoms with Crippen LogP contribution >= 0.6 is 0 Å². The van der Waals surface area contributed by atoms with E-state index in [-0.39, 0.29) is 0 Å². The van der Waals surface area contributed by atoms with Crippen LogP contribution in [0.2, 0.25) is 0 Å². The molecule has 21 heavy (non-hydrogen) atoms.